The first-order chi connectivity index (χ1) is 14.8. The van der Waals surface area contributed by atoms with Gasteiger partial charge in [-0.1, -0.05) is 33.3 Å². The number of Topliss-reactive ketones (excluding diaryl/α,β-unsaturated/α-hetero) is 1. The molecule has 0 aromatic carbocycles. The zero-order chi connectivity index (χ0) is 23.3. The van der Waals surface area contributed by atoms with E-state index in [1.165, 1.54) is 12.7 Å². The molecule has 0 aromatic heterocycles. The predicted molar refractivity (Wildman–Crippen MR) is 123 cm³/mol. The van der Waals surface area contributed by atoms with E-state index in [1.54, 1.807) is 0 Å². The van der Waals surface area contributed by atoms with Gasteiger partial charge in [0.15, 0.2) is 5.78 Å². The van der Waals surface area contributed by atoms with Gasteiger partial charge in [-0.05, 0) is 91.9 Å². The molecule has 4 fully saturated rings. The number of methoxy groups -OCH3 is 1. The summed E-state index contributed by atoms with van der Waals surface area (Å²) in [6.07, 6.45) is 10.2. The van der Waals surface area contributed by atoms with Gasteiger partial charge in [-0.15, -0.1) is 0 Å². The average molecular weight is 441 g/mol. The van der Waals surface area contributed by atoms with E-state index in [9.17, 15) is 14.4 Å². The quantitative estimate of drug-likeness (QED) is 0.492. The maximum Gasteiger partial charge on any atom is 0.311 e. The van der Waals surface area contributed by atoms with Gasteiger partial charge in [-0.2, -0.15) is 0 Å². The highest BCUT2D eigenvalue weighted by molar-refractivity contribution is 5.97. The molecule has 0 radical (unpaired) electrons. The number of esters is 1. The van der Waals surface area contributed by atoms with Gasteiger partial charge in [0.2, 0.25) is 0 Å². The lowest BCUT2D eigenvalue weighted by molar-refractivity contribution is -0.166. The Morgan fingerprint density at radius 1 is 0.938 bits per heavy atom. The van der Waals surface area contributed by atoms with Crippen molar-refractivity contribution in [1.29, 1.82) is 0 Å². The molecule has 0 aromatic rings. The van der Waals surface area contributed by atoms with E-state index >= 15 is 0 Å². The summed E-state index contributed by atoms with van der Waals surface area (Å²) in [6.45, 7) is 11.4. The average Bonchev–Trinajstić information content (AvgIpc) is 3.04. The standard InChI is InChI=1S/C28H40O4/c1-24-11-12-25(2,23(31)32-6)16-19(24)18-15-21(30)22-26(3)9-8-20(29)17(26)7-10-28(22,5)27(18,4)14-13-24/h15,17,19,22H,7-14,16H2,1-6H3/t17-,19-,22+,24+,25-,26-,27+,28+/m0/s1. The Labute approximate surface area is 192 Å². The highest BCUT2D eigenvalue weighted by Crippen LogP contribution is 2.73. The van der Waals surface area contributed by atoms with Gasteiger partial charge in [-0.3, -0.25) is 14.4 Å². The van der Waals surface area contributed by atoms with Crippen LogP contribution >= 0.6 is 0 Å². The summed E-state index contributed by atoms with van der Waals surface area (Å²) in [5.74, 6) is 0.715. The second-order valence-corrected chi connectivity index (χ2v) is 13.2. The molecule has 5 aliphatic carbocycles. The Kier molecular flexibility index (Phi) is 4.59. The Morgan fingerprint density at radius 3 is 2.31 bits per heavy atom. The molecule has 8 atom stereocenters. The molecule has 0 bridgehead atoms. The van der Waals surface area contributed by atoms with Crippen molar-refractivity contribution in [2.75, 3.05) is 7.11 Å². The fourth-order valence-corrected chi connectivity index (χ4v) is 9.42. The van der Waals surface area contributed by atoms with Crippen molar-refractivity contribution in [2.45, 2.75) is 92.4 Å². The van der Waals surface area contributed by atoms with Crippen LogP contribution in [0.1, 0.15) is 92.4 Å². The van der Waals surface area contributed by atoms with Gasteiger partial charge in [0.1, 0.15) is 5.78 Å². The van der Waals surface area contributed by atoms with Crippen LogP contribution in [-0.4, -0.2) is 24.6 Å². The van der Waals surface area contributed by atoms with Crippen molar-refractivity contribution in [3.63, 3.8) is 0 Å². The smallest absolute Gasteiger partial charge is 0.311 e. The van der Waals surface area contributed by atoms with E-state index < -0.39 is 5.41 Å². The third kappa shape index (κ3) is 2.53. The lowest BCUT2D eigenvalue weighted by atomic mass is 9.36. The monoisotopic (exact) mass is 440 g/mol. The van der Waals surface area contributed by atoms with Gasteiger partial charge in [0, 0.05) is 18.3 Å². The molecular formula is C28H40O4. The first-order valence-electron chi connectivity index (χ1n) is 12.7. The number of allylic oxidation sites excluding steroid dienone is 2. The molecule has 4 saturated carbocycles. The Balaban J connectivity index is 1.62. The number of fused-ring (bicyclic) bond motifs is 7. The van der Waals surface area contributed by atoms with Gasteiger partial charge in [-0.25, -0.2) is 0 Å². The number of hydrogen-bond donors (Lipinski definition) is 0. The summed E-state index contributed by atoms with van der Waals surface area (Å²) in [6, 6.07) is 0. The third-order valence-electron chi connectivity index (χ3n) is 11.8. The Bertz CT molecular complexity index is 934. The fourth-order valence-electron chi connectivity index (χ4n) is 9.42. The first kappa shape index (κ1) is 22.3. The summed E-state index contributed by atoms with van der Waals surface area (Å²) in [5.41, 5.74) is 0.540. The minimum Gasteiger partial charge on any atom is -0.469 e. The van der Waals surface area contributed by atoms with E-state index in [0.717, 1.165) is 51.4 Å². The normalized spacial score (nSPS) is 52.3. The van der Waals surface area contributed by atoms with Crippen LogP contribution in [0.15, 0.2) is 11.6 Å². The lowest BCUT2D eigenvalue weighted by Crippen LogP contribution is -2.63. The number of ketones is 2. The molecule has 176 valence electrons. The van der Waals surface area contributed by atoms with E-state index in [-0.39, 0.29) is 51.2 Å². The first-order valence-corrected chi connectivity index (χ1v) is 12.7. The van der Waals surface area contributed by atoms with Crippen LogP contribution in [0.3, 0.4) is 0 Å². The Morgan fingerprint density at radius 2 is 1.62 bits per heavy atom. The fraction of sp³-hybridized carbons (Fsp3) is 0.821. The third-order valence-corrected chi connectivity index (χ3v) is 11.8. The van der Waals surface area contributed by atoms with E-state index in [1.807, 2.05) is 6.08 Å². The van der Waals surface area contributed by atoms with Gasteiger partial charge in [0.25, 0.3) is 0 Å². The van der Waals surface area contributed by atoms with Crippen molar-refractivity contribution in [2.24, 2.45) is 44.8 Å². The molecule has 0 heterocycles. The topological polar surface area (TPSA) is 60.4 Å². The predicted octanol–water partition coefficient (Wildman–Crippen LogP) is 5.68. The van der Waals surface area contributed by atoms with Crippen LogP contribution in [0, 0.1) is 44.8 Å². The van der Waals surface area contributed by atoms with Crippen LogP contribution in [0.25, 0.3) is 0 Å². The van der Waals surface area contributed by atoms with Gasteiger partial charge >= 0.3 is 5.97 Å². The SMILES string of the molecule is COC(=O)[C@@]1(C)CC[C@]2(C)CC[C@]3(C)C(=CC(=O)[C@@H]4[C@@]5(C)CCC(=O)[C@@H]5CC[C@]43C)[C@@H]2C1. The number of carbonyl (C=O) groups excluding carboxylic acids is 3. The number of carbonyl (C=O) groups is 3. The van der Waals surface area contributed by atoms with Crippen molar-refractivity contribution >= 4 is 17.5 Å². The highest BCUT2D eigenvalue weighted by Gasteiger charge is 2.69. The van der Waals surface area contributed by atoms with Crippen LogP contribution in [-0.2, 0) is 19.1 Å². The van der Waals surface area contributed by atoms with Crippen molar-refractivity contribution in [3.8, 4) is 0 Å². The second kappa shape index (κ2) is 6.57. The molecule has 0 saturated heterocycles. The maximum atomic E-state index is 13.9. The molecule has 4 heteroatoms. The molecule has 0 N–H and O–H groups in total. The summed E-state index contributed by atoms with van der Waals surface area (Å²) < 4.78 is 5.21. The van der Waals surface area contributed by atoms with Gasteiger partial charge in [0.05, 0.1) is 12.5 Å². The Hall–Kier alpha value is -1.45. The highest BCUT2D eigenvalue weighted by atomic mass is 16.5. The van der Waals surface area contributed by atoms with Crippen molar-refractivity contribution < 1.29 is 19.1 Å². The minimum absolute atomic E-state index is 0.0502. The number of rotatable bonds is 1. The zero-order valence-corrected chi connectivity index (χ0v) is 20.8. The molecular weight excluding hydrogens is 400 g/mol. The van der Waals surface area contributed by atoms with Crippen molar-refractivity contribution in [3.05, 3.63) is 11.6 Å². The van der Waals surface area contributed by atoms with Crippen LogP contribution < -0.4 is 0 Å². The molecule has 32 heavy (non-hydrogen) atoms. The largest absolute Gasteiger partial charge is 0.469 e. The summed E-state index contributed by atoms with van der Waals surface area (Å²) in [7, 11) is 1.49. The van der Waals surface area contributed by atoms with E-state index in [4.69, 9.17) is 4.74 Å². The lowest BCUT2D eigenvalue weighted by Gasteiger charge is -2.67. The second-order valence-electron chi connectivity index (χ2n) is 13.2. The van der Waals surface area contributed by atoms with E-state index in [0.29, 0.717) is 12.2 Å². The summed E-state index contributed by atoms with van der Waals surface area (Å²) >= 11 is 0. The maximum absolute atomic E-state index is 13.9. The number of hydrogen-bond acceptors (Lipinski definition) is 4. The molecule has 5 aliphatic rings. The van der Waals surface area contributed by atoms with E-state index in [2.05, 4.69) is 34.6 Å². The van der Waals surface area contributed by atoms with Crippen molar-refractivity contribution in [1.82, 2.24) is 0 Å². The van der Waals surface area contributed by atoms with Crippen LogP contribution in [0.4, 0.5) is 0 Å². The summed E-state index contributed by atoms with van der Waals surface area (Å²) in [5, 5.41) is 0. The molecule has 5 rings (SSSR count). The zero-order valence-electron chi connectivity index (χ0n) is 20.8. The molecule has 0 amide bonds. The molecule has 0 unspecified atom stereocenters. The summed E-state index contributed by atoms with van der Waals surface area (Å²) in [4.78, 5) is 39.3. The van der Waals surface area contributed by atoms with Crippen LogP contribution in [0.5, 0.6) is 0 Å². The molecule has 4 nitrogen and oxygen atoms in total. The molecule has 0 spiro atoms. The number of ether oxygens (including phenoxy) is 1. The van der Waals surface area contributed by atoms with Crippen LogP contribution in [0.2, 0.25) is 0 Å². The van der Waals surface area contributed by atoms with Gasteiger partial charge < -0.3 is 4.74 Å². The minimum atomic E-state index is -0.486. The molecule has 0 aliphatic heterocycles.